The zero-order chi connectivity index (χ0) is 18.8. The predicted molar refractivity (Wildman–Crippen MR) is 104 cm³/mol. The van der Waals surface area contributed by atoms with E-state index >= 15 is 0 Å². The van der Waals surface area contributed by atoms with Gasteiger partial charge in [-0.05, 0) is 27.2 Å². The van der Waals surface area contributed by atoms with Crippen LogP contribution < -0.4 is 0 Å². The van der Waals surface area contributed by atoms with Gasteiger partial charge in [-0.1, -0.05) is 50.8 Å². The fourth-order valence-corrected chi connectivity index (χ4v) is 1.18. The Bertz CT molecular complexity index is 221. The van der Waals surface area contributed by atoms with Crippen molar-refractivity contribution in [2.75, 3.05) is 20.3 Å². The number of hydrogen-bond acceptors (Lipinski definition) is 3. The highest BCUT2D eigenvalue weighted by molar-refractivity contribution is 5.69. The Balaban J connectivity index is -0.000000166. The van der Waals surface area contributed by atoms with Crippen LogP contribution in [0.25, 0.3) is 0 Å². The zero-order valence-electron chi connectivity index (χ0n) is 16.2. The van der Waals surface area contributed by atoms with E-state index in [4.69, 9.17) is 9.47 Å². The summed E-state index contributed by atoms with van der Waals surface area (Å²) >= 11 is 0. The van der Waals surface area contributed by atoms with Crippen LogP contribution >= 0.6 is 0 Å². The molecule has 0 N–H and O–H groups in total. The molecule has 0 saturated carbocycles. The summed E-state index contributed by atoms with van der Waals surface area (Å²) in [6.45, 7) is 18.8. The van der Waals surface area contributed by atoms with E-state index in [-0.39, 0.29) is 5.97 Å². The number of methoxy groups -OCH3 is 1. The third-order valence-corrected chi connectivity index (χ3v) is 2.03. The van der Waals surface area contributed by atoms with E-state index in [1.54, 1.807) is 25.3 Å². The van der Waals surface area contributed by atoms with Crippen molar-refractivity contribution in [2.45, 2.75) is 66.2 Å². The molecule has 0 saturated heterocycles. The van der Waals surface area contributed by atoms with Crippen LogP contribution in [-0.2, 0) is 14.3 Å². The smallest absolute Gasteiger partial charge is 0.305 e. The van der Waals surface area contributed by atoms with E-state index in [0.29, 0.717) is 19.6 Å². The number of rotatable bonds is 9. The number of hydrogen-bond donors (Lipinski definition) is 0. The molecule has 0 amide bonds. The number of esters is 1. The SMILES string of the molecule is C=CC.C=CC.C=CC.CCCCCCCC(=O)OCCOC. The molecular weight excluding hydrogens is 288 g/mol. The Morgan fingerprint density at radius 2 is 1.30 bits per heavy atom. The lowest BCUT2D eigenvalue weighted by molar-refractivity contribution is -0.145. The molecule has 0 aliphatic heterocycles. The van der Waals surface area contributed by atoms with Gasteiger partial charge in [0.15, 0.2) is 0 Å². The summed E-state index contributed by atoms with van der Waals surface area (Å²) in [5.41, 5.74) is 0. The van der Waals surface area contributed by atoms with Gasteiger partial charge in [-0.3, -0.25) is 4.79 Å². The zero-order valence-corrected chi connectivity index (χ0v) is 16.2. The van der Waals surface area contributed by atoms with Gasteiger partial charge in [0.05, 0.1) is 6.61 Å². The van der Waals surface area contributed by atoms with Crippen LogP contribution in [0.15, 0.2) is 38.0 Å². The second-order valence-electron chi connectivity index (χ2n) is 4.60. The second-order valence-corrected chi connectivity index (χ2v) is 4.60. The van der Waals surface area contributed by atoms with E-state index in [1.807, 2.05) is 20.8 Å². The molecule has 0 rings (SSSR count). The molecule has 3 nitrogen and oxygen atoms in total. The minimum absolute atomic E-state index is 0.0986. The summed E-state index contributed by atoms with van der Waals surface area (Å²) < 4.78 is 9.70. The standard InChI is InChI=1S/C11H22O3.3C3H6/c1-3-4-5-6-7-8-11(12)14-10-9-13-2;3*1-3-2/h3-10H2,1-2H3;3*3H,1H2,2H3. The molecule has 0 aromatic carbocycles. The number of carbonyl (C=O) groups is 1. The molecule has 0 atom stereocenters. The predicted octanol–water partition coefficient (Wildman–Crippen LogP) is 6.11. The Hall–Kier alpha value is -1.35. The van der Waals surface area contributed by atoms with Gasteiger partial charge in [0.2, 0.25) is 0 Å². The molecule has 0 aliphatic rings. The second kappa shape index (κ2) is 37.2. The Kier molecular flexibility index (Phi) is 47.9. The number of allylic oxidation sites excluding steroid dienone is 3. The van der Waals surface area contributed by atoms with Crippen molar-refractivity contribution in [1.29, 1.82) is 0 Å². The number of unbranched alkanes of at least 4 members (excludes halogenated alkanes) is 4. The lowest BCUT2D eigenvalue weighted by atomic mass is 10.1. The average molecular weight is 329 g/mol. The van der Waals surface area contributed by atoms with Crippen LogP contribution in [0, 0.1) is 0 Å². The lowest BCUT2D eigenvalue weighted by Crippen LogP contribution is -2.09. The first-order chi connectivity index (χ1) is 11.1. The Labute approximate surface area is 145 Å². The molecule has 0 spiro atoms. The minimum Gasteiger partial charge on any atom is -0.463 e. The summed E-state index contributed by atoms with van der Waals surface area (Å²) in [5, 5.41) is 0. The van der Waals surface area contributed by atoms with Gasteiger partial charge in [0.25, 0.3) is 0 Å². The van der Waals surface area contributed by atoms with Gasteiger partial charge in [-0.15, -0.1) is 19.7 Å². The first kappa shape index (κ1) is 29.6. The fraction of sp³-hybridized carbons (Fsp3) is 0.650. The van der Waals surface area contributed by atoms with Crippen molar-refractivity contribution in [3.63, 3.8) is 0 Å². The van der Waals surface area contributed by atoms with Crippen LogP contribution in [0.3, 0.4) is 0 Å². The maximum absolute atomic E-state index is 11.1. The summed E-state index contributed by atoms with van der Waals surface area (Å²) in [6, 6.07) is 0. The molecule has 0 aromatic rings. The van der Waals surface area contributed by atoms with Gasteiger partial charge < -0.3 is 9.47 Å². The third kappa shape index (κ3) is 63.3. The van der Waals surface area contributed by atoms with Crippen LogP contribution in [-0.4, -0.2) is 26.3 Å². The number of carbonyl (C=O) groups excluding carboxylic acids is 1. The molecule has 3 heteroatoms. The molecule has 0 bridgehead atoms. The molecule has 23 heavy (non-hydrogen) atoms. The molecule has 0 fully saturated rings. The average Bonchev–Trinajstić information content (AvgIpc) is 2.50. The van der Waals surface area contributed by atoms with Gasteiger partial charge in [0.1, 0.15) is 6.61 Å². The largest absolute Gasteiger partial charge is 0.463 e. The van der Waals surface area contributed by atoms with Crippen LogP contribution in [0.2, 0.25) is 0 Å². The van der Waals surface area contributed by atoms with Crippen molar-refractivity contribution in [1.82, 2.24) is 0 Å². The monoisotopic (exact) mass is 328 g/mol. The molecular formula is C20H40O3. The molecule has 0 radical (unpaired) electrons. The number of ether oxygens (including phenoxy) is 2. The first-order valence-corrected chi connectivity index (χ1v) is 8.41. The van der Waals surface area contributed by atoms with Gasteiger partial charge in [0, 0.05) is 13.5 Å². The third-order valence-electron chi connectivity index (χ3n) is 2.03. The van der Waals surface area contributed by atoms with Crippen LogP contribution in [0.5, 0.6) is 0 Å². The summed E-state index contributed by atoms with van der Waals surface area (Å²) in [5.74, 6) is -0.0986. The highest BCUT2D eigenvalue weighted by Crippen LogP contribution is 2.05. The van der Waals surface area contributed by atoms with Crippen LogP contribution in [0.4, 0.5) is 0 Å². The van der Waals surface area contributed by atoms with Crippen molar-refractivity contribution in [3.8, 4) is 0 Å². The maximum Gasteiger partial charge on any atom is 0.305 e. The molecule has 0 unspecified atom stereocenters. The molecule has 0 heterocycles. The van der Waals surface area contributed by atoms with Crippen molar-refractivity contribution in [3.05, 3.63) is 38.0 Å². The first-order valence-electron chi connectivity index (χ1n) is 8.41. The van der Waals surface area contributed by atoms with Gasteiger partial charge in [-0.2, -0.15) is 0 Å². The van der Waals surface area contributed by atoms with E-state index in [1.165, 1.54) is 19.3 Å². The topological polar surface area (TPSA) is 35.5 Å². The fourth-order valence-electron chi connectivity index (χ4n) is 1.18. The summed E-state index contributed by atoms with van der Waals surface area (Å²) in [7, 11) is 1.60. The van der Waals surface area contributed by atoms with Crippen molar-refractivity contribution >= 4 is 5.97 Å². The molecule has 138 valence electrons. The summed E-state index contributed by atoms with van der Waals surface area (Å²) in [6.07, 6.45) is 11.6. The molecule has 0 aliphatic carbocycles. The Morgan fingerprint density at radius 1 is 0.870 bits per heavy atom. The van der Waals surface area contributed by atoms with E-state index in [9.17, 15) is 4.79 Å². The highest BCUT2D eigenvalue weighted by atomic mass is 16.6. The lowest BCUT2D eigenvalue weighted by Gasteiger charge is -2.03. The Morgan fingerprint density at radius 3 is 1.70 bits per heavy atom. The van der Waals surface area contributed by atoms with Crippen molar-refractivity contribution < 1.29 is 14.3 Å². The van der Waals surface area contributed by atoms with Gasteiger partial charge >= 0.3 is 5.97 Å². The van der Waals surface area contributed by atoms with E-state index in [2.05, 4.69) is 26.7 Å². The van der Waals surface area contributed by atoms with Crippen molar-refractivity contribution in [2.24, 2.45) is 0 Å². The normalized spacial score (nSPS) is 7.87. The minimum atomic E-state index is -0.0986. The summed E-state index contributed by atoms with van der Waals surface area (Å²) in [4.78, 5) is 11.1. The van der Waals surface area contributed by atoms with E-state index < -0.39 is 0 Å². The van der Waals surface area contributed by atoms with Gasteiger partial charge in [-0.25, -0.2) is 0 Å². The highest BCUT2D eigenvalue weighted by Gasteiger charge is 2.01. The quantitative estimate of drug-likeness (QED) is 0.291. The molecule has 0 aromatic heterocycles. The van der Waals surface area contributed by atoms with Crippen LogP contribution in [0.1, 0.15) is 66.2 Å². The maximum atomic E-state index is 11.1. The van der Waals surface area contributed by atoms with E-state index in [0.717, 1.165) is 12.8 Å².